The van der Waals surface area contributed by atoms with Crippen molar-refractivity contribution in [2.75, 3.05) is 4.90 Å². The lowest BCUT2D eigenvalue weighted by Gasteiger charge is -2.31. The van der Waals surface area contributed by atoms with Gasteiger partial charge in [-0.1, -0.05) is 170 Å². The third kappa shape index (κ3) is 5.18. The summed E-state index contributed by atoms with van der Waals surface area (Å²) < 4.78 is 4.53. The second-order valence-electron chi connectivity index (χ2n) is 17.5. The molecule has 2 aromatic heterocycles. The van der Waals surface area contributed by atoms with E-state index in [1.165, 1.54) is 55.6 Å². The molecule has 4 nitrogen and oxygen atoms in total. The van der Waals surface area contributed by atoms with Gasteiger partial charge >= 0.3 is 0 Å². The Kier molecular flexibility index (Phi) is 7.87. The Morgan fingerprint density at radius 3 is 1.38 bits per heavy atom. The van der Waals surface area contributed by atoms with Crippen LogP contribution in [0.4, 0.5) is 17.1 Å². The van der Waals surface area contributed by atoms with Crippen LogP contribution in [0.25, 0.3) is 78.0 Å². The lowest BCUT2D eigenvalue weighted by molar-refractivity contribution is 0.794. The summed E-state index contributed by atoms with van der Waals surface area (Å²) >= 11 is 0. The number of rotatable bonds is 6. The molecule has 0 unspecified atom stereocenters. The van der Waals surface area contributed by atoms with Crippen molar-refractivity contribution in [2.45, 2.75) is 5.41 Å². The van der Waals surface area contributed by atoms with E-state index in [1.54, 1.807) is 0 Å². The summed E-state index contributed by atoms with van der Waals surface area (Å²) in [5.41, 5.74) is 23.6. The van der Waals surface area contributed by atoms with Crippen molar-refractivity contribution < 1.29 is 0 Å². The average Bonchev–Trinajstić information content (AvgIpc) is 4.10. The van der Waals surface area contributed by atoms with Crippen LogP contribution in [0.5, 0.6) is 0 Å². The molecule has 0 atom stereocenters. The zero-order chi connectivity index (χ0) is 43.3. The number of imidazole rings is 2. The van der Waals surface area contributed by atoms with Crippen molar-refractivity contribution in [2.24, 2.45) is 0 Å². The first-order chi connectivity index (χ1) is 32.7. The van der Waals surface area contributed by atoms with Gasteiger partial charge in [-0.3, -0.25) is 8.97 Å². The Hall–Kier alpha value is -8.73. The molecular formula is C62H40N4. The van der Waals surface area contributed by atoms with Crippen molar-refractivity contribution in [1.29, 1.82) is 0 Å². The summed E-state index contributed by atoms with van der Waals surface area (Å²) in [5.74, 6) is 0.912. The molecule has 0 fully saturated rings. The maximum atomic E-state index is 5.09. The van der Waals surface area contributed by atoms with Crippen LogP contribution in [0.15, 0.2) is 243 Å². The molecule has 2 heterocycles. The fourth-order valence-corrected chi connectivity index (χ4v) is 11.3. The second kappa shape index (κ2) is 14.1. The van der Waals surface area contributed by atoms with Crippen LogP contribution < -0.4 is 4.90 Å². The van der Waals surface area contributed by atoms with Crippen LogP contribution in [-0.4, -0.2) is 14.0 Å². The maximum Gasteiger partial charge on any atom is 0.220 e. The van der Waals surface area contributed by atoms with E-state index in [-0.39, 0.29) is 5.41 Å². The Balaban J connectivity index is 0.877. The summed E-state index contributed by atoms with van der Waals surface area (Å²) in [7, 11) is 0. The van der Waals surface area contributed by atoms with Gasteiger partial charge in [0.1, 0.15) is 0 Å². The largest absolute Gasteiger partial charge is 0.310 e. The van der Waals surface area contributed by atoms with E-state index in [0.29, 0.717) is 0 Å². The zero-order valence-electron chi connectivity index (χ0n) is 35.9. The van der Waals surface area contributed by atoms with Crippen LogP contribution >= 0.6 is 0 Å². The van der Waals surface area contributed by atoms with Gasteiger partial charge in [0.05, 0.1) is 27.5 Å². The molecule has 308 valence electrons. The summed E-state index contributed by atoms with van der Waals surface area (Å²) in [6.07, 6.45) is 0. The van der Waals surface area contributed by atoms with Crippen LogP contribution in [-0.2, 0) is 5.41 Å². The maximum absolute atomic E-state index is 5.09. The highest BCUT2D eigenvalue weighted by Gasteiger charge is 2.51. The van der Waals surface area contributed by atoms with Crippen molar-refractivity contribution in [3.63, 3.8) is 0 Å². The van der Waals surface area contributed by atoms with Gasteiger partial charge in [-0.15, -0.1) is 0 Å². The van der Waals surface area contributed by atoms with Gasteiger partial charge in [-0.05, 0) is 140 Å². The van der Waals surface area contributed by atoms with E-state index in [2.05, 4.69) is 257 Å². The fraction of sp³-hybridized carbons (Fsp3) is 0.0161. The number of aromatic nitrogens is 3. The van der Waals surface area contributed by atoms with Crippen molar-refractivity contribution in [3.8, 4) is 50.2 Å². The van der Waals surface area contributed by atoms with Crippen LogP contribution in [0.3, 0.4) is 0 Å². The SMILES string of the molecule is c1ccc(-c2ccc(N(c3ccc(-c4ccc(-n5c6ccccc6n6c7ccccc7nc56)cc4)cc3)c3ccc4c(c3)-c3ccccc3C43c4ccccc4-c4ccccc43)cc2)cc1. The molecule has 0 saturated heterocycles. The average molecular weight is 841 g/mol. The van der Waals surface area contributed by atoms with E-state index in [1.807, 2.05) is 0 Å². The van der Waals surface area contributed by atoms with Gasteiger partial charge in [-0.2, -0.15) is 0 Å². The van der Waals surface area contributed by atoms with E-state index in [4.69, 9.17) is 4.98 Å². The minimum Gasteiger partial charge on any atom is -0.310 e. The van der Waals surface area contributed by atoms with E-state index in [0.717, 1.165) is 61.7 Å². The second-order valence-corrected chi connectivity index (χ2v) is 17.5. The molecule has 0 saturated carbocycles. The molecule has 0 aliphatic heterocycles. The van der Waals surface area contributed by atoms with E-state index in [9.17, 15) is 0 Å². The first-order valence-electron chi connectivity index (χ1n) is 22.7. The molecule has 0 bridgehead atoms. The van der Waals surface area contributed by atoms with Crippen LogP contribution in [0, 0.1) is 0 Å². The molecule has 2 aliphatic rings. The standard InChI is InChI=1S/C62H40N4/c1-2-14-41(15-3-1)42-26-32-45(33-27-42)64(48-38-39-56-52(40-48)51-18-6-9-21-55(51)62(56)53-19-7-4-16-49(53)50-17-5-8-20-54(50)62)46-34-28-43(29-35-46)44-30-36-47(37-31-44)65-59-24-12-13-25-60(59)66-58-23-11-10-22-57(58)63-61(65)66/h1-40H. The first-order valence-corrected chi connectivity index (χ1v) is 22.7. The Bertz CT molecular complexity index is 3810. The topological polar surface area (TPSA) is 25.5 Å². The molecule has 66 heavy (non-hydrogen) atoms. The molecular weight excluding hydrogens is 801 g/mol. The molecule has 12 aromatic rings. The van der Waals surface area contributed by atoms with Gasteiger partial charge in [0, 0.05) is 22.7 Å². The Morgan fingerprint density at radius 1 is 0.333 bits per heavy atom. The minimum absolute atomic E-state index is 0.385. The van der Waals surface area contributed by atoms with Crippen LogP contribution in [0.2, 0.25) is 0 Å². The molecule has 0 N–H and O–H groups in total. The number of hydrogen-bond donors (Lipinski definition) is 0. The number of fused-ring (bicyclic) bond motifs is 15. The highest BCUT2D eigenvalue weighted by Crippen LogP contribution is 2.63. The molecule has 0 radical (unpaired) electrons. The lowest BCUT2D eigenvalue weighted by atomic mass is 9.70. The molecule has 1 spiro atoms. The predicted molar refractivity (Wildman–Crippen MR) is 271 cm³/mol. The Labute approximate surface area is 382 Å². The summed E-state index contributed by atoms with van der Waals surface area (Å²) in [6, 6.07) is 88.7. The van der Waals surface area contributed by atoms with E-state index < -0.39 is 0 Å². The molecule has 10 aromatic carbocycles. The minimum atomic E-state index is -0.385. The number of nitrogens with zero attached hydrogens (tertiary/aromatic N) is 4. The molecule has 0 amide bonds. The summed E-state index contributed by atoms with van der Waals surface area (Å²) in [4.78, 5) is 7.50. The highest BCUT2D eigenvalue weighted by molar-refractivity contribution is 5.97. The zero-order valence-corrected chi connectivity index (χ0v) is 35.9. The Morgan fingerprint density at radius 2 is 0.773 bits per heavy atom. The van der Waals surface area contributed by atoms with Gasteiger partial charge in [0.15, 0.2) is 0 Å². The fourth-order valence-electron chi connectivity index (χ4n) is 11.3. The molecule has 2 aliphatic carbocycles. The van der Waals surface area contributed by atoms with E-state index >= 15 is 0 Å². The number of benzene rings is 10. The lowest BCUT2D eigenvalue weighted by Crippen LogP contribution is -2.25. The van der Waals surface area contributed by atoms with Crippen molar-refractivity contribution in [3.05, 3.63) is 265 Å². The first kappa shape index (κ1) is 36.7. The number of hydrogen-bond acceptors (Lipinski definition) is 2. The molecule has 14 rings (SSSR count). The normalized spacial score (nSPS) is 13.0. The third-order valence-electron chi connectivity index (χ3n) is 14.2. The van der Waals surface area contributed by atoms with Gasteiger partial charge in [0.2, 0.25) is 5.78 Å². The summed E-state index contributed by atoms with van der Waals surface area (Å²) in [5, 5.41) is 0. The van der Waals surface area contributed by atoms with Gasteiger partial charge in [-0.25, -0.2) is 4.98 Å². The number of anilines is 3. The van der Waals surface area contributed by atoms with Crippen molar-refractivity contribution >= 4 is 44.9 Å². The molecule has 4 heteroatoms. The monoisotopic (exact) mass is 840 g/mol. The predicted octanol–water partition coefficient (Wildman–Crippen LogP) is 15.6. The number of para-hydroxylation sites is 4. The van der Waals surface area contributed by atoms with Gasteiger partial charge < -0.3 is 4.90 Å². The highest BCUT2D eigenvalue weighted by atomic mass is 15.2. The van der Waals surface area contributed by atoms with Crippen LogP contribution in [0.1, 0.15) is 22.3 Å². The summed E-state index contributed by atoms with van der Waals surface area (Å²) in [6.45, 7) is 0. The van der Waals surface area contributed by atoms with Crippen molar-refractivity contribution in [1.82, 2.24) is 14.0 Å². The van der Waals surface area contributed by atoms with Gasteiger partial charge in [0.25, 0.3) is 0 Å². The quantitative estimate of drug-likeness (QED) is 0.167. The third-order valence-corrected chi connectivity index (χ3v) is 14.2. The smallest absolute Gasteiger partial charge is 0.220 e.